The van der Waals surface area contributed by atoms with Crippen molar-refractivity contribution in [1.29, 1.82) is 0 Å². The van der Waals surface area contributed by atoms with Crippen molar-refractivity contribution in [2.45, 2.75) is 45.1 Å². The van der Waals surface area contributed by atoms with Crippen molar-refractivity contribution in [3.8, 4) is 0 Å². The average molecular weight is 358 g/mol. The van der Waals surface area contributed by atoms with Crippen molar-refractivity contribution >= 4 is 22.9 Å². The lowest BCUT2D eigenvalue weighted by Gasteiger charge is -2.34. The quantitative estimate of drug-likeness (QED) is 0.864. The summed E-state index contributed by atoms with van der Waals surface area (Å²) in [5, 5.41) is 10.4. The number of piperidine rings is 1. The maximum Gasteiger partial charge on any atom is 0.410 e. The second-order valence-electron chi connectivity index (χ2n) is 7.72. The highest BCUT2D eigenvalue weighted by atomic mass is 16.6. The summed E-state index contributed by atoms with van der Waals surface area (Å²) in [6.07, 6.45) is 1.70. The van der Waals surface area contributed by atoms with Gasteiger partial charge in [0.25, 0.3) is 5.91 Å². The number of carbonyl (C=O) groups is 2. The lowest BCUT2D eigenvalue weighted by atomic mass is 9.90. The molecule has 1 aromatic heterocycles. The van der Waals surface area contributed by atoms with Crippen molar-refractivity contribution in [1.82, 2.24) is 20.4 Å². The fraction of sp³-hybridized carbons (Fsp3) is 0.526. The van der Waals surface area contributed by atoms with Crippen molar-refractivity contribution in [3.05, 3.63) is 29.5 Å². The van der Waals surface area contributed by atoms with Crippen LogP contribution in [0.1, 0.15) is 55.6 Å². The van der Waals surface area contributed by atoms with E-state index in [1.807, 2.05) is 39.0 Å². The number of H-pyrrole nitrogens is 1. The predicted octanol–water partition coefficient (Wildman–Crippen LogP) is 3.04. The van der Waals surface area contributed by atoms with Crippen molar-refractivity contribution in [2.24, 2.45) is 0 Å². The first-order valence-electron chi connectivity index (χ1n) is 8.96. The Morgan fingerprint density at radius 1 is 1.35 bits per heavy atom. The van der Waals surface area contributed by atoms with Gasteiger partial charge in [0.1, 0.15) is 5.60 Å². The third-order valence-electron chi connectivity index (χ3n) is 4.57. The topological polar surface area (TPSA) is 87.3 Å². The molecule has 1 aliphatic rings. The molecule has 1 aromatic carbocycles. The van der Waals surface area contributed by atoms with Gasteiger partial charge in [-0.1, -0.05) is 12.1 Å². The van der Waals surface area contributed by atoms with Crippen LogP contribution in [0.4, 0.5) is 4.79 Å². The number of aromatic nitrogens is 2. The van der Waals surface area contributed by atoms with Crippen LogP contribution in [-0.2, 0) is 4.74 Å². The Morgan fingerprint density at radius 3 is 2.81 bits per heavy atom. The third-order valence-corrected chi connectivity index (χ3v) is 4.57. The van der Waals surface area contributed by atoms with Gasteiger partial charge in [-0.05, 0) is 45.2 Å². The minimum atomic E-state index is -0.491. The van der Waals surface area contributed by atoms with Crippen LogP contribution in [0.5, 0.6) is 0 Å². The number of rotatable bonds is 2. The van der Waals surface area contributed by atoms with E-state index < -0.39 is 5.60 Å². The van der Waals surface area contributed by atoms with E-state index in [9.17, 15) is 9.59 Å². The number of likely N-dealkylation sites (tertiary alicyclic amines) is 1. The van der Waals surface area contributed by atoms with Gasteiger partial charge in [-0.25, -0.2) is 4.79 Å². The molecule has 1 fully saturated rings. The van der Waals surface area contributed by atoms with Crippen LogP contribution in [0, 0.1) is 0 Å². The van der Waals surface area contributed by atoms with Gasteiger partial charge in [0.15, 0.2) is 5.69 Å². The molecule has 0 bridgehead atoms. The summed E-state index contributed by atoms with van der Waals surface area (Å²) in [6, 6.07) is 5.97. The molecule has 2 aromatic rings. The van der Waals surface area contributed by atoms with Crippen LogP contribution < -0.4 is 5.32 Å². The van der Waals surface area contributed by atoms with Crippen LogP contribution in [0.2, 0.25) is 0 Å². The number of carbonyl (C=O) groups excluding carboxylic acids is 2. The zero-order valence-electron chi connectivity index (χ0n) is 15.8. The summed E-state index contributed by atoms with van der Waals surface area (Å²) in [4.78, 5) is 26.0. The number of nitrogens with zero attached hydrogens (tertiary/aromatic N) is 2. The molecule has 2 heterocycles. The normalized spacial score (nSPS) is 18.0. The molecule has 1 saturated heterocycles. The first-order valence-corrected chi connectivity index (χ1v) is 8.96. The molecule has 0 saturated carbocycles. The first-order chi connectivity index (χ1) is 12.3. The molecule has 0 spiro atoms. The van der Waals surface area contributed by atoms with Crippen LogP contribution in [-0.4, -0.2) is 52.8 Å². The fourth-order valence-electron chi connectivity index (χ4n) is 3.32. The summed E-state index contributed by atoms with van der Waals surface area (Å²) in [7, 11) is 1.59. The molecule has 7 nitrogen and oxygen atoms in total. The second-order valence-corrected chi connectivity index (χ2v) is 7.72. The molecule has 1 unspecified atom stereocenters. The van der Waals surface area contributed by atoms with Crippen LogP contribution >= 0.6 is 0 Å². The monoisotopic (exact) mass is 358 g/mol. The number of amides is 2. The Balaban J connectivity index is 1.78. The summed E-state index contributed by atoms with van der Waals surface area (Å²) in [5.41, 5.74) is 1.87. The molecule has 26 heavy (non-hydrogen) atoms. The van der Waals surface area contributed by atoms with E-state index in [-0.39, 0.29) is 17.9 Å². The first kappa shape index (κ1) is 18.2. The standard InChI is InChI=1S/C19H26N4O3/c1-19(2,3)26-18(25)23-9-5-6-13(11-23)12-7-8-14-15(10-12)21-22-16(14)17(24)20-4/h7-8,10,13H,5-6,9,11H2,1-4H3,(H,20,24)(H,21,22). The highest BCUT2D eigenvalue weighted by Gasteiger charge is 2.28. The van der Waals surface area contributed by atoms with Gasteiger partial charge in [-0.15, -0.1) is 0 Å². The number of ether oxygens (including phenoxy) is 1. The molecule has 0 radical (unpaired) electrons. The Kier molecular flexibility index (Phi) is 4.89. The van der Waals surface area contributed by atoms with Gasteiger partial charge >= 0.3 is 6.09 Å². The van der Waals surface area contributed by atoms with Gasteiger partial charge in [0.2, 0.25) is 0 Å². The number of aromatic amines is 1. The molecule has 0 aliphatic carbocycles. The van der Waals surface area contributed by atoms with Crippen LogP contribution in [0.25, 0.3) is 10.9 Å². The molecule has 2 N–H and O–H groups in total. The van der Waals surface area contributed by atoms with Gasteiger partial charge in [-0.2, -0.15) is 5.10 Å². The van der Waals surface area contributed by atoms with Crippen LogP contribution in [0.3, 0.4) is 0 Å². The van der Waals surface area contributed by atoms with Gasteiger partial charge < -0.3 is 15.0 Å². The maximum atomic E-state index is 12.4. The molecule has 1 atom stereocenters. The van der Waals surface area contributed by atoms with Crippen molar-refractivity contribution in [2.75, 3.05) is 20.1 Å². The smallest absolute Gasteiger partial charge is 0.410 e. The van der Waals surface area contributed by atoms with Crippen molar-refractivity contribution < 1.29 is 14.3 Å². The zero-order chi connectivity index (χ0) is 18.9. The summed E-state index contributed by atoms with van der Waals surface area (Å²) < 4.78 is 5.50. The average Bonchev–Trinajstić information content (AvgIpc) is 3.03. The summed E-state index contributed by atoms with van der Waals surface area (Å²) in [6.45, 7) is 6.99. The molecule has 3 rings (SSSR count). The molecule has 2 amide bonds. The minimum Gasteiger partial charge on any atom is -0.444 e. The fourth-order valence-corrected chi connectivity index (χ4v) is 3.32. The Morgan fingerprint density at radius 2 is 2.12 bits per heavy atom. The predicted molar refractivity (Wildman–Crippen MR) is 99.3 cm³/mol. The van der Waals surface area contributed by atoms with Crippen LogP contribution in [0.15, 0.2) is 18.2 Å². The molecule has 7 heteroatoms. The molecular formula is C19H26N4O3. The Labute approximate surface area is 153 Å². The number of nitrogens with one attached hydrogen (secondary N) is 2. The van der Waals surface area contributed by atoms with E-state index in [1.54, 1.807) is 11.9 Å². The van der Waals surface area contributed by atoms with Gasteiger partial charge in [-0.3, -0.25) is 9.89 Å². The van der Waals surface area contributed by atoms with E-state index in [1.165, 1.54) is 0 Å². The highest BCUT2D eigenvalue weighted by molar-refractivity contribution is 6.04. The van der Waals surface area contributed by atoms with E-state index in [4.69, 9.17) is 4.74 Å². The molecule has 140 valence electrons. The molecular weight excluding hydrogens is 332 g/mol. The lowest BCUT2D eigenvalue weighted by molar-refractivity contribution is 0.0198. The number of hydrogen-bond acceptors (Lipinski definition) is 4. The van der Waals surface area contributed by atoms with E-state index in [0.29, 0.717) is 12.2 Å². The number of hydrogen-bond donors (Lipinski definition) is 2. The zero-order valence-corrected chi connectivity index (χ0v) is 15.8. The summed E-state index contributed by atoms with van der Waals surface area (Å²) in [5.74, 6) is 0.0326. The number of fused-ring (bicyclic) bond motifs is 1. The SMILES string of the molecule is CNC(=O)c1n[nH]c2cc(C3CCCN(C(=O)OC(C)(C)C)C3)ccc12. The number of benzene rings is 1. The van der Waals surface area contributed by atoms with Gasteiger partial charge in [0, 0.05) is 31.4 Å². The van der Waals surface area contributed by atoms with Gasteiger partial charge in [0.05, 0.1) is 5.52 Å². The summed E-state index contributed by atoms with van der Waals surface area (Å²) >= 11 is 0. The second kappa shape index (κ2) is 6.97. The Bertz CT molecular complexity index is 822. The van der Waals surface area contributed by atoms with E-state index in [2.05, 4.69) is 15.5 Å². The Hall–Kier alpha value is -2.57. The van der Waals surface area contributed by atoms with E-state index >= 15 is 0 Å². The minimum absolute atomic E-state index is 0.210. The maximum absolute atomic E-state index is 12.4. The third kappa shape index (κ3) is 3.81. The highest BCUT2D eigenvalue weighted by Crippen LogP contribution is 2.30. The lowest BCUT2D eigenvalue weighted by Crippen LogP contribution is -2.42. The van der Waals surface area contributed by atoms with E-state index in [0.717, 1.165) is 35.9 Å². The van der Waals surface area contributed by atoms with Crippen molar-refractivity contribution in [3.63, 3.8) is 0 Å². The molecule has 1 aliphatic heterocycles. The largest absolute Gasteiger partial charge is 0.444 e.